The molecule has 4 rings (SSSR count). The van der Waals surface area contributed by atoms with E-state index in [0.29, 0.717) is 18.6 Å². The fourth-order valence-electron chi connectivity index (χ4n) is 3.44. The van der Waals surface area contributed by atoms with Crippen LogP contribution in [0.1, 0.15) is 40.7 Å². The Morgan fingerprint density at radius 1 is 1.16 bits per heavy atom. The van der Waals surface area contributed by atoms with Crippen molar-refractivity contribution in [2.24, 2.45) is 11.7 Å². The Hall–Kier alpha value is -4.13. The van der Waals surface area contributed by atoms with E-state index in [1.54, 1.807) is 0 Å². The fourth-order valence-corrected chi connectivity index (χ4v) is 3.44. The quantitative estimate of drug-likeness (QED) is 0.321. The molecule has 1 fully saturated rings. The normalized spacial score (nSPS) is 13.9. The lowest BCUT2D eigenvalue weighted by Gasteiger charge is -2.15. The first-order chi connectivity index (χ1) is 17.7. The number of nitrogens with zero attached hydrogens (tertiary/aromatic N) is 1. The van der Waals surface area contributed by atoms with Crippen molar-refractivity contribution in [1.82, 2.24) is 10.3 Å². The van der Waals surface area contributed by atoms with Crippen LogP contribution in [0.2, 0.25) is 0 Å². The molecular weight excluding hydrogens is 502 g/mol. The molecule has 1 unspecified atom stereocenters. The number of amides is 1. The van der Waals surface area contributed by atoms with Crippen LogP contribution >= 0.6 is 0 Å². The maximum Gasteiger partial charge on any atom is 0.387 e. The van der Waals surface area contributed by atoms with Crippen LogP contribution < -0.4 is 20.5 Å². The topological polar surface area (TPSA) is 137 Å². The minimum Gasteiger partial charge on any atom is -0.489 e. The highest BCUT2D eigenvalue weighted by molar-refractivity contribution is 5.96. The minimum absolute atomic E-state index is 0.0147. The number of carboxylic acid groups (broad SMARTS) is 1. The van der Waals surface area contributed by atoms with Gasteiger partial charge in [0.15, 0.2) is 29.0 Å². The summed E-state index contributed by atoms with van der Waals surface area (Å²) in [6, 6.07) is 4.30. The Labute approximate surface area is 207 Å². The van der Waals surface area contributed by atoms with Crippen molar-refractivity contribution >= 4 is 11.9 Å². The van der Waals surface area contributed by atoms with E-state index in [9.17, 15) is 32.3 Å². The van der Waals surface area contributed by atoms with Gasteiger partial charge in [-0.3, -0.25) is 4.79 Å². The molecule has 13 heteroatoms. The SMILES string of the molecule is NCc1oc(-c2ccc(OC(F)F)c(OCC3CC3)c2)nc1C(=O)NC(C(=O)O)c1ccc(F)cc1F. The summed E-state index contributed by atoms with van der Waals surface area (Å²) < 4.78 is 68.7. The van der Waals surface area contributed by atoms with Crippen LogP contribution in [0.3, 0.4) is 0 Å². The van der Waals surface area contributed by atoms with Gasteiger partial charge in [0.2, 0.25) is 5.89 Å². The van der Waals surface area contributed by atoms with Crippen molar-refractivity contribution in [3.05, 3.63) is 65.1 Å². The van der Waals surface area contributed by atoms with Crippen molar-refractivity contribution in [2.75, 3.05) is 6.61 Å². The molecular formula is C24H21F4N3O6. The van der Waals surface area contributed by atoms with Crippen molar-refractivity contribution < 1.29 is 46.1 Å². The number of hydrogen-bond acceptors (Lipinski definition) is 7. The third-order valence-electron chi connectivity index (χ3n) is 5.47. The lowest BCUT2D eigenvalue weighted by Crippen LogP contribution is -2.35. The molecule has 1 aliphatic rings. The van der Waals surface area contributed by atoms with Gasteiger partial charge in [-0.25, -0.2) is 18.6 Å². The number of hydrogen-bond donors (Lipinski definition) is 3. The molecule has 0 aliphatic heterocycles. The molecule has 2 aromatic carbocycles. The highest BCUT2D eigenvalue weighted by Crippen LogP contribution is 2.36. The van der Waals surface area contributed by atoms with E-state index in [2.05, 4.69) is 15.0 Å². The molecule has 1 amide bonds. The summed E-state index contributed by atoms with van der Waals surface area (Å²) in [7, 11) is 0. The lowest BCUT2D eigenvalue weighted by atomic mass is 10.1. The first kappa shape index (κ1) is 25.9. The van der Waals surface area contributed by atoms with Crippen molar-refractivity contribution in [2.45, 2.75) is 32.0 Å². The highest BCUT2D eigenvalue weighted by atomic mass is 19.3. The molecule has 1 aliphatic carbocycles. The largest absolute Gasteiger partial charge is 0.489 e. The molecule has 1 saturated carbocycles. The number of carbonyl (C=O) groups excluding carboxylic acids is 1. The van der Waals surface area contributed by atoms with Crippen LogP contribution in [-0.4, -0.2) is 35.2 Å². The zero-order chi connectivity index (χ0) is 26.7. The van der Waals surface area contributed by atoms with Gasteiger partial charge in [-0.1, -0.05) is 6.07 Å². The fraction of sp³-hybridized carbons (Fsp3) is 0.292. The van der Waals surface area contributed by atoms with Crippen LogP contribution in [0.4, 0.5) is 17.6 Å². The predicted molar refractivity (Wildman–Crippen MR) is 119 cm³/mol. The smallest absolute Gasteiger partial charge is 0.387 e. The maximum atomic E-state index is 14.2. The minimum atomic E-state index is -3.08. The van der Waals surface area contributed by atoms with Crippen molar-refractivity contribution in [3.8, 4) is 23.0 Å². The predicted octanol–water partition coefficient (Wildman–Crippen LogP) is 4.02. The molecule has 3 aromatic rings. The van der Waals surface area contributed by atoms with Gasteiger partial charge in [-0.15, -0.1) is 0 Å². The molecule has 0 bridgehead atoms. The Balaban J connectivity index is 1.62. The van der Waals surface area contributed by atoms with E-state index in [1.165, 1.54) is 18.2 Å². The van der Waals surface area contributed by atoms with Gasteiger partial charge in [-0.05, 0) is 43.0 Å². The molecule has 1 aromatic heterocycles. The molecule has 9 nitrogen and oxygen atoms in total. The second kappa shape index (κ2) is 10.9. The number of alkyl halides is 2. The van der Waals surface area contributed by atoms with Gasteiger partial charge in [0.1, 0.15) is 11.6 Å². The summed E-state index contributed by atoms with van der Waals surface area (Å²) in [6.45, 7) is -3.09. The van der Waals surface area contributed by atoms with E-state index in [0.717, 1.165) is 25.0 Å². The number of aromatic nitrogens is 1. The maximum absolute atomic E-state index is 14.2. The number of oxazole rings is 1. The van der Waals surface area contributed by atoms with Gasteiger partial charge < -0.3 is 30.0 Å². The lowest BCUT2D eigenvalue weighted by molar-refractivity contribution is -0.139. The molecule has 1 atom stereocenters. The molecule has 4 N–H and O–H groups in total. The zero-order valence-electron chi connectivity index (χ0n) is 19.0. The average Bonchev–Trinajstić information content (AvgIpc) is 3.57. The summed E-state index contributed by atoms with van der Waals surface area (Å²) in [5.41, 5.74) is 5.04. The van der Waals surface area contributed by atoms with E-state index < -0.39 is 41.7 Å². The van der Waals surface area contributed by atoms with Gasteiger partial charge in [0.05, 0.1) is 13.2 Å². The average molecular weight is 523 g/mol. The van der Waals surface area contributed by atoms with Crippen LogP contribution in [0.25, 0.3) is 11.5 Å². The first-order valence-electron chi connectivity index (χ1n) is 11.1. The van der Waals surface area contributed by atoms with E-state index in [1.807, 2.05) is 0 Å². The Morgan fingerprint density at radius 3 is 2.54 bits per heavy atom. The Morgan fingerprint density at radius 2 is 1.92 bits per heavy atom. The number of nitrogens with one attached hydrogen (secondary N) is 1. The second-order valence-electron chi connectivity index (χ2n) is 8.20. The molecule has 0 spiro atoms. The van der Waals surface area contributed by atoms with Gasteiger partial charge in [0, 0.05) is 17.2 Å². The summed E-state index contributed by atoms with van der Waals surface area (Å²) in [5.74, 6) is -4.87. The van der Waals surface area contributed by atoms with E-state index in [-0.39, 0.29) is 41.0 Å². The van der Waals surface area contributed by atoms with E-state index in [4.69, 9.17) is 14.9 Å². The second-order valence-corrected chi connectivity index (χ2v) is 8.20. The number of nitrogens with two attached hydrogens (primary N) is 1. The van der Waals surface area contributed by atoms with Crippen LogP contribution in [0, 0.1) is 17.6 Å². The number of halogens is 4. The number of carbonyl (C=O) groups is 2. The van der Waals surface area contributed by atoms with Crippen molar-refractivity contribution in [3.63, 3.8) is 0 Å². The number of carboxylic acids is 1. The standard InChI is InChI=1S/C24H21F4N3O6/c25-13-4-5-14(15(26)8-13)19(23(33)34)30-21(32)20-18(9-29)36-22(31-20)12-3-6-16(37-24(27)28)17(7-12)35-10-11-1-2-11/h3-8,11,19,24H,1-2,9-10,29H2,(H,30,32)(H,33,34). The third-order valence-corrected chi connectivity index (χ3v) is 5.47. The Bertz CT molecular complexity index is 1310. The van der Waals surface area contributed by atoms with Crippen molar-refractivity contribution in [1.29, 1.82) is 0 Å². The molecule has 0 saturated heterocycles. The van der Waals surface area contributed by atoms with Gasteiger partial charge in [0.25, 0.3) is 5.91 Å². The molecule has 1 heterocycles. The number of ether oxygens (including phenoxy) is 2. The Kier molecular flexibility index (Phi) is 7.62. The molecule has 196 valence electrons. The molecule has 0 radical (unpaired) electrons. The van der Waals surface area contributed by atoms with Gasteiger partial charge >= 0.3 is 12.6 Å². The van der Waals surface area contributed by atoms with Crippen LogP contribution in [0.5, 0.6) is 11.5 Å². The number of rotatable bonds is 11. The highest BCUT2D eigenvalue weighted by Gasteiger charge is 2.29. The van der Waals surface area contributed by atoms with Crippen LogP contribution in [-0.2, 0) is 11.3 Å². The summed E-state index contributed by atoms with van der Waals surface area (Å²) in [4.78, 5) is 28.7. The first-order valence-corrected chi connectivity index (χ1v) is 11.1. The van der Waals surface area contributed by atoms with Crippen LogP contribution in [0.15, 0.2) is 40.8 Å². The van der Waals surface area contributed by atoms with Gasteiger partial charge in [-0.2, -0.15) is 8.78 Å². The summed E-state index contributed by atoms with van der Waals surface area (Å²) >= 11 is 0. The zero-order valence-corrected chi connectivity index (χ0v) is 19.0. The number of benzene rings is 2. The number of aliphatic carboxylic acids is 1. The third kappa shape index (κ3) is 6.17. The summed E-state index contributed by atoms with van der Waals surface area (Å²) in [6.07, 6.45) is 1.92. The monoisotopic (exact) mass is 523 g/mol. The summed E-state index contributed by atoms with van der Waals surface area (Å²) in [5, 5.41) is 11.6. The van der Waals surface area contributed by atoms with E-state index >= 15 is 0 Å². The molecule has 37 heavy (non-hydrogen) atoms.